The normalized spacial score (nSPS) is 13.6. The van der Waals surface area contributed by atoms with Gasteiger partial charge in [-0.1, -0.05) is 60.7 Å². The second-order valence-corrected chi connectivity index (χ2v) is 11.9. The summed E-state index contributed by atoms with van der Waals surface area (Å²) < 4.78 is 114. The van der Waals surface area contributed by atoms with Crippen molar-refractivity contribution >= 4 is 20.0 Å². The molecule has 2 atom stereocenters. The number of nitrogens with one attached hydrogen (secondary N) is 2. The molecular weight excluding hydrogens is 576 g/mol. The summed E-state index contributed by atoms with van der Waals surface area (Å²) in [6, 6.07) is 13.0. The molecule has 14 heteroatoms. The van der Waals surface area contributed by atoms with Gasteiger partial charge in [-0.15, -0.1) is 0 Å². The molecule has 4 N–H and O–H groups in total. The molecule has 4 aromatic carbocycles. The van der Waals surface area contributed by atoms with E-state index in [2.05, 4.69) is 9.44 Å². The molecule has 0 bridgehead atoms. The fraction of sp³-hybridized carbons (Fsp3) is 0.0769. The molecule has 0 aliphatic rings. The summed E-state index contributed by atoms with van der Waals surface area (Å²) in [5, 5.41) is 20.1. The summed E-state index contributed by atoms with van der Waals surface area (Å²) in [6.07, 6.45) is 0. The van der Waals surface area contributed by atoms with Crippen LogP contribution in [0.25, 0.3) is 0 Å². The van der Waals surface area contributed by atoms with E-state index in [1.54, 1.807) is 12.1 Å². The highest BCUT2D eigenvalue weighted by molar-refractivity contribution is 7.90. The zero-order chi connectivity index (χ0) is 29.2. The molecule has 0 aromatic heterocycles. The van der Waals surface area contributed by atoms with Crippen LogP contribution in [0.4, 0.5) is 17.6 Å². The zero-order valence-corrected chi connectivity index (χ0v) is 21.7. The van der Waals surface area contributed by atoms with Crippen molar-refractivity contribution in [2.45, 2.75) is 21.9 Å². The van der Waals surface area contributed by atoms with Gasteiger partial charge in [0.05, 0.1) is 12.1 Å². The van der Waals surface area contributed by atoms with Gasteiger partial charge >= 0.3 is 0 Å². The lowest BCUT2D eigenvalue weighted by Gasteiger charge is -2.30. The second-order valence-electron chi connectivity index (χ2n) is 8.49. The maximum absolute atomic E-state index is 14.0. The van der Waals surface area contributed by atoms with E-state index < -0.39 is 76.7 Å². The molecule has 0 saturated heterocycles. The van der Waals surface area contributed by atoms with E-state index in [9.17, 15) is 44.6 Å². The smallest absolute Gasteiger partial charge is 0.245 e. The number of benzene rings is 4. The van der Waals surface area contributed by atoms with E-state index in [1.165, 1.54) is 48.5 Å². The molecule has 0 unspecified atom stereocenters. The lowest BCUT2D eigenvalue weighted by atomic mass is 9.95. The van der Waals surface area contributed by atoms with Gasteiger partial charge in [-0.2, -0.15) is 0 Å². The Bertz CT molecular complexity index is 1630. The Morgan fingerprint density at radius 2 is 0.875 bits per heavy atom. The average Bonchev–Trinajstić information content (AvgIpc) is 2.91. The molecule has 0 heterocycles. The summed E-state index contributed by atoms with van der Waals surface area (Å²) in [5.41, 5.74) is 0.294. The molecule has 0 saturated carbocycles. The van der Waals surface area contributed by atoms with Gasteiger partial charge in [0.25, 0.3) is 0 Å². The van der Waals surface area contributed by atoms with Crippen molar-refractivity contribution in [3.63, 3.8) is 0 Å². The predicted octanol–water partition coefficient (Wildman–Crippen LogP) is 4.39. The Balaban J connectivity index is 1.89. The van der Waals surface area contributed by atoms with Crippen LogP contribution >= 0.6 is 0 Å². The van der Waals surface area contributed by atoms with Crippen molar-refractivity contribution in [2.75, 3.05) is 0 Å². The lowest BCUT2D eigenvalue weighted by Crippen LogP contribution is -2.41. The molecule has 0 radical (unpaired) electrons. The maximum atomic E-state index is 14.0. The molecule has 4 aromatic rings. The van der Waals surface area contributed by atoms with Gasteiger partial charge in [0, 0.05) is 12.1 Å². The molecule has 8 nitrogen and oxygen atoms in total. The average molecular weight is 597 g/mol. The molecule has 0 aliphatic carbocycles. The minimum absolute atomic E-state index is 0.147. The summed E-state index contributed by atoms with van der Waals surface area (Å²) in [5.74, 6) is -8.48. The quantitative estimate of drug-likeness (QED) is 0.212. The highest BCUT2D eigenvalue weighted by Crippen LogP contribution is 2.36. The second kappa shape index (κ2) is 11.3. The van der Waals surface area contributed by atoms with E-state index >= 15 is 0 Å². The number of hydrogen-bond acceptors (Lipinski definition) is 6. The first-order chi connectivity index (χ1) is 18.8. The Kier molecular flexibility index (Phi) is 8.16. The third kappa shape index (κ3) is 6.09. The maximum Gasteiger partial charge on any atom is 0.245 e. The molecule has 0 fully saturated rings. The Morgan fingerprint density at radius 3 is 1.20 bits per heavy atom. The Morgan fingerprint density at radius 1 is 0.550 bits per heavy atom. The fourth-order valence-corrected chi connectivity index (χ4v) is 6.64. The van der Waals surface area contributed by atoms with Crippen molar-refractivity contribution in [3.05, 3.63) is 119 Å². The minimum Gasteiger partial charge on any atom is -0.504 e. The third-order valence-electron chi connectivity index (χ3n) is 5.78. The number of rotatable bonds is 9. The van der Waals surface area contributed by atoms with Gasteiger partial charge in [0.1, 0.15) is 21.4 Å². The summed E-state index contributed by atoms with van der Waals surface area (Å²) in [6.45, 7) is 0. The van der Waals surface area contributed by atoms with Crippen LogP contribution in [0.5, 0.6) is 11.5 Å². The molecule has 0 aliphatic heterocycles. The fourth-order valence-electron chi connectivity index (χ4n) is 3.93. The lowest BCUT2D eigenvalue weighted by molar-refractivity contribution is 0.406. The van der Waals surface area contributed by atoms with E-state index in [0.717, 1.165) is 0 Å². The van der Waals surface area contributed by atoms with Crippen molar-refractivity contribution in [1.82, 2.24) is 9.44 Å². The van der Waals surface area contributed by atoms with Crippen LogP contribution in [0.15, 0.2) is 94.7 Å². The summed E-state index contributed by atoms with van der Waals surface area (Å²) in [4.78, 5) is -2.32. The first-order valence-corrected chi connectivity index (χ1v) is 14.3. The molecule has 0 spiro atoms. The van der Waals surface area contributed by atoms with Gasteiger partial charge in [0.2, 0.25) is 20.0 Å². The molecule has 210 valence electrons. The van der Waals surface area contributed by atoms with Crippen LogP contribution in [0.3, 0.4) is 0 Å². The number of halogens is 4. The number of phenolic OH excluding ortho intramolecular Hbond substituents is 2. The highest BCUT2D eigenvalue weighted by atomic mass is 32.2. The van der Waals surface area contributed by atoms with Crippen LogP contribution in [0, 0.1) is 23.3 Å². The van der Waals surface area contributed by atoms with Crippen LogP contribution in [0.2, 0.25) is 0 Å². The largest absolute Gasteiger partial charge is 0.504 e. The van der Waals surface area contributed by atoms with Gasteiger partial charge in [0.15, 0.2) is 23.1 Å². The van der Waals surface area contributed by atoms with Gasteiger partial charge in [-0.05, 0) is 23.3 Å². The number of hydrogen-bond donors (Lipinski definition) is 4. The number of aromatic hydroxyl groups is 2. The first-order valence-electron chi connectivity index (χ1n) is 11.3. The van der Waals surface area contributed by atoms with Crippen LogP contribution in [0.1, 0.15) is 23.2 Å². The highest BCUT2D eigenvalue weighted by Gasteiger charge is 2.36. The van der Waals surface area contributed by atoms with E-state index in [-0.39, 0.29) is 23.3 Å². The Hall–Kier alpha value is -3.98. The van der Waals surface area contributed by atoms with Crippen LogP contribution < -0.4 is 9.44 Å². The van der Waals surface area contributed by atoms with Crippen LogP contribution in [-0.2, 0) is 20.0 Å². The van der Waals surface area contributed by atoms with Crippen molar-refractivity contribution in [2.24, 2.45) is 0 Å². The summed E-state index contributed by atoms with van der Waals surface area (Å²) >= 11 is 0. The third-order valence-corrected chi connectivity index (χ3v) is 8.69. The van der Waals surface area contributed by atoms with Gasteiger partial charge in [-0.25, -0.2) is 43.8 Å². The van der Waals surface area contributed by atoms with E-state index in [1.807, 2.05) is 0 Å². The van der Waals surface area contributed by atoms with Gasteiger partial charge < -0.3 is 10.2 Å². The van der Waals surface area contributed by atoms with E-state index in [4.69, 9.17) is 0 Å². The molecule has 4 rings (SSSR count). The topological polar surface area (TPSA) is 133 Å². The van der Waals surface area contributed by atoms with Crippen molar-refractivity contribution in [3.8, 4) is 11.5 Å². The van der Waals surface area contributed by atoms with Crippen molar-refractivity contribution < 1.29 is 44.6 Å². The standard InChI is InChI=1S/C26H20F4N2O6S2/c27-17-11-19(29)25(33)21(13-17)39(35,36)31-23(15-7-3-1-4-8-15)24(16-9-5-2-6-10-16)32-40(37,38)22-14-18(28)12-20(30)26(22)34/h1-14,23-24,31-34H/t23-,24-/m1/s1. The minimum atomic E-state index is -4.96. The Labute approximate surface area is 226 Å². The molecule has 0 amide bonds. The number of sulfonamides is 2. The molecular formula is C26H20F4N2O6S2. The first kappa shape index (κ1) is 29.0. The van der Waals surface area contributed by atoms with Crippen molar-refractivity contribution in [1.29, 1.82) is 0 Å². The SMILES string of the molecule is O=S(=O)(N[C@H](c1ccccc1)[C@H](NS(=O)(=O)c1cc(F)cc(F)c1O)c1ccccc1)c1cc(F)cc(F)c1O. The predicted molar refractivity (Wildman–Crippen MR) is 135 cm³/mol. The van der Waals surface area contributed by atoms with E-state index in [0.29, 0.717) is 12.1 Å². The monoisotopic (exact) mass is 596 g/mol. The van der Waals surface area contributed by atoms with Gasteiger partial charge in [-0.3, -0.25) is 0 Å². The van der Waals surface area contributed by atoms with Crippen LogP contribution in [-0.4, -0.2) is 27.0 Å². The molecule has 40 heavy (non-hydrogen) atoms. The number of phenols is 2. The summed E-state index contributed by atoms with van der Waals surface area (Å²) in [7, 11) is -9.92. The zero-order valence-electron chi connectivity index (χ0n) is 20.1.